The largest absolute Gasteiger partial charge is 0.342 e. The summed E-state index contributed by atoms with van der Waals surface area (Å²) in [7, 11) is 0. The molecule has 1 saturated heterocycles. The summed E-state index contributed by atoms with van der Waals surface area (Å²) in [6.07, 6.45) is 5.65. The molecular formula is C19H24FN3O2. The number of nitrogens with zero attached hydrogens (tertiary/aromatic N) is 3. The zero-order valence-corrected chi connectivity index (χ0v) is 14.6. The summed E-state index contributed by atoms with van der Waals surface area (Å²) < 4.78 is 18.4. The van der Waals surface area contributed by atoms with E-state index in [4.69, 9.17) is 4.52 Å². The summed E-state index contributed by atoms with van der Waals surface area (Å²) in [5.74, 6) is 1.02. The van der Waals surface area contributed by atoms with E-state index in [1.54, 1.807) is 12.1 Å². The van der Waals surface area contributed by atoms with Crippen molar-refractivity contribution < 1.29 is 13.7 Å². The highest BCUT2D eigenvalue weighted by Crippen LogP contribution is 2.28. The second kappa shape index (κ2) is 8.23. The van der Waals surface area contributed by atoms with Gasteiger partial charge in [-0.15, -0.1) is 0 Å². The molecule has 1 aliphatic heterocycles. The molecule has 0 spiro atoms. The fourth-order valence-corrected chi connectivity index (χ4v) is 3.21. The first-order chi connectivity index (χ1) is 12.2. The monoisotopic (exact) mass is 345 g/mol. The van der Waals surface area contributed by atoms with Crippen molar-refractivity contribution in [2.24, 2.45) is 0 Å². The minimum absolute atomic E-state index is 0.0746. The number of carbonyl (C=O) groups excluding carboxylic acids is 1. The van der Waals surface area contributed by atoms with E-state index in [1.807, 2.05) is 4.90 Å². The van der Waals surface area contributed by atoms with E-state index < -0.39 is 0 Å². The predicted octanol–water partition coefficient (Wildman–Crippen LogP) is 4.16. The van der Waals surface area contributed by atoms with E-state index in [0.717, 1.165) is 44.2 Å². The molecule has 1 aliphatic rings. The highest BCUT2D eigenvalue weighted by Gasteiger charge is 2.28. The fourth-order valence-electron chi connectivity index (χ4n) is 3.21. The molecule has 5 nitrogen and oxygen atoms in total. The van der Waals surface area contributed by atoms with E-state index in [2.05, 4.69) is 17.1 Å². The van der Waals surface area contributed by atoms with Crippen LogP contribution < -0.4 is 0 Å². The Hall–Kier alpha value is -2.24. The Labute approximate surface area is 147 Å². The molecule has 1 aromatic heterocycles. The zero-order chi connectivity index (χ0) is 17.6. The highest BCUT2D eigenvalue weighted by atomic mass is 19.1. The van der Waals surface area contributed by atoms with Crippen molar-refractivity contribution in [1.29, 1.82) is 0 Å². The Bertz CT molecular complexity index is 699. The van der Waals surface area contributed by atoms with E-state index in [9.17, 15) is 9.18 Å². The number of hydrogen-bond acceptors (Lipinski definition) is 4. The van der Waals surface area contributed by atoms with Crippen LogP contribution in [0.5, 0.6) is 0 Å². The fraction of sp³-hybridized carbons (Fsp3) is 0.526. The molecule has 1 amide bonds. The van der Waals surface area contributed by atoms with Gasteiger partial charge in [-0.05, 0) is 43.5 Å². The van der Waals surface area contributed by atoms with Crippen molar-refractivity contribution in [3.05, 3.63) is 36.0 Å². The van der Waals surface area contributed by atoms with Gasteiger partial charge in [-0.2, -0.15) is 4.98 Å². The Kier molecular flexibility index (Phi) is 5.79. The van der Waals surface area contributed by atoms with Crippen LogP contribution in [0.15, 0.2) is 28.8 Å². The van der Waals surface area contributed by atoms with Crippen molar-refractivity contribution >= 4 is 5.91 Å². The molecule has 1 atom stereocenters. The van der Waals surface area contributed by atoms with Crippen LogP contribution in [0.4, 0.5) is 4.39 Å². The van der Waals surface area contributed by atoms with Crippen LogP contribution >= 0.6 is 0 Å². The molecule has 2 heterocycles. The molecule has 6 heteroatoms. The number of unbranched alkanes of at least 4 members (excludes halogenated alkanes) is 2. The topological polar surface area (TPSA) is 59.2 Å². The molecule has 1 aromatic carbocycles. The van der Waals surface area contributed by atoms with Gasteiger partial charge in [-0.1, -0.05) is 24.9 Å². The Morgan fingerprint density at radius 1 is 1.32 bits per heavy atom. The van der Waals surface area contributed by atoms with Crippen molar-refractivity contribution in [3.8, 4) is 11.4 Å². The van der Waals surface area contributed by atoms with E-state index in [0.29, 0.717) is 24.7 Å². The molecule has 0 bridgehead atoms. The van der Waals surface area contributed by atoms with Crippen molar-refractivity contribution in [3.63, 3.8) is 0 Å². The molecule has 0 N–H and O–H groups in total. The number of hydrogen-bond donors (Lipinski definition) is 0. The third kappa shape index (κ3) is 4.44. The summed E-state index contributed by atoms with van der Waals surface area (Å²) in [6, 6.07) is 6.02. The first-order valence-corrected chi connectivity index (χ1v) is 9.04. The molecule has 134 valence electrons. The quantitative estimate of drug-likeness (QED) is 0.738. The molecular weight excluding hydrogens is 321 g/mol. The smallest absolute Gasteiger partial charge is 0.231 e. The Balaban J connectivity index is 1.63. The maximum Gasteiger partial charge on any atom is 0.231 e. The maximum absolute atomic E-state index is 13.0. The van der Waals surface area contributed by atoms with Crippen LogP contribution in [0.25, 0.3) is 11.4 Å². The lowest BCUT2D eigenvalue weighted by Gasteiger charge is -2.31. The van der Waals surface area contributed by atoms with Crippen LogP contribution in [-0.2, 0) is 4.79 Å². The molecule has 25 heavy (non-hydrogen) atoms. The summed E-state index contributed by atoms with van der Waals surface area (Å²) in [6.45, 7) is 3.58. The van der Waals surface area contributed by atoms with Gasteiger partial charge in [0.25, 0.3) is 0 Å². The highest BCUT2D eigenvalue weighted by molar-refractivity contribution is 5.76. The van der Waals surface area contributed by atoms with E-state index >= 15 is 0 Å². The van der Waals surface area contributed by atoms with Gasteiger partial charge in [0, 0.05) is 25.1 Å². The first-order valence-electron chi connectivity index (χ1n) is 9.04. The summed E-state index contributed by atoms with van der Waals surface area (Å²) in [4.78, 5) is 18.7. The average molecular weight is 345 g/mol. The van der Waals surface area contributed by atoms with Crippen LogP contribution in [0, 0.1) is 5.82 Å². The van der Waals surface area contributed by atoms with Gasteiger partial charge in [0.2, 0.25) is 17.6 Å². The lowest BCUT2D eigenvalue weighted by atomic mass is 9.97. The number of aromatic nitrogens is 2. The van der Waals surface area contributed by atoms with Crippen molar-refractivity contribution in [2.75, 3.05) is 13.1 Å². The lowest BCUT2D eigenvalue weighted by Crippen LogP contribution is -2.39. The Morgan fingerprint density at radius 2 is 2.12 bits per heavy atom. The number of likely N-dealkylation sites (tertiary alicyclic amines) is 1. The molecule has 0 aliphatic carbocycles. The van der Waals surface area contributed by atoms with E-state index in [-0.39, 0.29) is 17.6 Å². The molecule has 2 aromatic rings. The van der Waals surface area contributed by atoms with Gasteiger partial charge in [0.1, 0.15) is 5.82 Å². The van der Waals surface area contributed by atoms with Gasteiger partial charge >= 0.3 is 0 Å². The summed E-state index contributed by atoms with van der Waals surface area (Å²) >= 11 is 0. The van der Waals surface area contributed by atoms with Crippen LogP contribution in [-0.4, -0.2) is 34.0 Å². The van der Waals surface area contributed by atoms with E-state index in [1.165, 1.54) is 12.1 Å². The third-order valence-corrected chi connectivity index (χ3v) is 4.66. The molecule has 3 rings (SSSR count). The maximum atomic E-state index is 13.0. The normalized spacial score (nSPS) is 17.7. The standard InChI is InChI=1S/C19H24FN3O2/c1-2-3-4-7-17(24)23-12-5-6-15(13-23)19-21-18(22-25-19)14-8-10-16(20)11-9-14/h8-11,15H,2-7,12-13H2,1H3. The van der Waals surface area contributed by atoms with Gasteiger partial charge in [-0.3, -0.25) is 4.79 Å². The minimum atomic E-state index is -0.294. The predicted molar refractivity (Wildman–Crippen MR) is 92.4 cm³/mol. The number of rotatable bonds is 6. The van der Waals surface area contributed by atoms with Crippen molar-refractivity contribution in [2.45, 2.75) is 51.4 Å². The summed E-state index contributed by atoms with van der Waals surface area (Å²) in [5.41, 5.74) is 0.722. The van der Waals surface area contributed by atoms with Crippen molar-refractivity contribution in [1.82, 2.24) is 15.0 Å². The molecule has 0 saturated carbocycles. The van der Waals surface area contributed by atoms with Gasteiger partial charge < -0.3 is 9.42 Å². The third-order valence-electron chi connectivity index (χ3n) is 4.66. The van der Waals surface area contributed by atoms with Gasteiger partial charge in [-0.25, -0.2) is 4.39 Å². The number of piperidine rings is 1. The SMILES string of the molecule is CCCCCC(=O)N1CCCC(c2nc(-c3ccc(F)cc3)no2)C1. The molecule has 1 fully saturated rings. The molecule has 0 radical (unpaired) electrons. The van der Waals surface area contributed by atoms with Gasteiger partial charge in [0.15, 0.2) is 0 Å². The van der Waals surface area contributed by atoms with Crippen LogP contribution in [0.3, 0.4) is 0 Å². The second-order valence-electron chi connectivity index (χ2n) is 6.60. The lowest BCUT2D eigenvalue weighted by molar-refractivity contribution is -0.132. The summed E-state index contributed by atoms with van der Waals surface area (Å²) in [5, 5.41) is 4.01. The zero-order valence-electron chi connectivity index (χ0n) is 14.6. The minimum Gasteiger partial charge on any atom is -0.342 e. The number of amides is 1. The Morgan fingerprint density at radius 3 is 2.88 bits per heavy atom. The first kappa shape index (κ1) is 17.6. The van der Waals surface area contributed by atoms with Crippen LogP contribution in [0.2, 0.25) is 0 Å². The number of halogens is 1. The number of carbonyl (C=O) groups is 1. The van der Waals surface area contributed by atoms with Gasteiger partial charge in [0.05, 0.1) is 5.92 Å². The van der Waals surface area contributed by atoms with Crippen LogP contribution in [0.1, 0.15) is 57.3 Å². The molecule has 1 unspecified atom stereocenters. The average Bonchev–Trinajstić information content (AvgIpc) is 3.13. The second-order valence-corrected chi connectivity index (χ2v) is 6.60. The number of benzene rings is 1.